The van der Waals surface area contributed by atoms with Gasteiger partial charge in [0.15, 0.2) is 0 Å². The number of hydrogen-bond donors (Lipinski definition) is 1. The third-order valence-corrected chi connectivity index (χ3v) is 6.41. The second-order valence-corrected chi connectivity index (χ2v) is 9.01. The zero-order chi connectivity index (χ0) is 20.9. The summed E-state index contributed by atoms with van der Waals surface area (Å²) >= 11 is 12.8. The van der Waals surface area contributed by atoms with E-state index in [0.717, 1.165) is 41.5 Å². The summed E-state index contributed by atoms with van der Waals surface area (Å²) in [6, 6.07) is 17.5. The first-order valence-electron chi connectivity index (χ1n) is 9.70. The average molecular weight is 454 g/mol. The molecule has 1 saturated heterocycles. The van der Waals surface area contributed by atoms with Crippen LogP contribution in [0.1, 0.15) is 18.4 Å². The van der Waals surface area contributed by atoms with E-state index in [2.05, 4.69) is 10.3 Å². The third kappa shape index (κ3) is 4.83. The van der Waals surface area contributed by atoms with Gasteiger partial charge in [-0.25, -0.2) is 0 Å². The van der Waals surface area contributed by atoms with E-state index in [1.54, 1.807) is 11.1 Å². The summed E-state index contributed by atoms with van der Waals surface area (Å²) in [5.41, 5.74) is 2.91. The molecule has 0 atom stereocenters. The molecular weight excluding hydrogens is 434 g/mol. The maximum atomic E-state index is 12.7. The molecule has 0 bridgehead atoms. The van der Waals surface area contributed by atoms with Crippen LogP contribution in [0.25, 0.3) is 17.0 Å². The molecule has 1 N–H and O–H groups in total. The van der Waals surface area contributed by atoms with Crippen LogP contribution in [0, 0.1) is 0 Å². The van der Waals surface area contributed by atoms with E-state index in [-0.39, 0.29) is 5.91 Å². The van der Waals surface area contributed by atoms with Crippen molar-refractivity contribution in [1.29, 1.82) is 0 Å². The van der Waals surface area contributed by atoms with Gasteiger partial charge in [0.2, 0.25) is 0 Å². The molecule has 1 amide bonds. The number of thioether (sulfide) groups is 1. The van der Waals surface area contributed by atoms with Crippen molar-refractivity contribution in [3.8, 4) is 0 Å². The van der Waals surface area contributed by atoms with Gasteiger partial charge in [0.1, 0.15) is 4.32 Å². The van der Waals surface area contributed by atoms with Crippen LogP contribution in [0.3, 0.4) is 0 Å². The van der Waals surface area contributed by atoms with Gasteiger partial charge in [-0.1, -0.05) is 65.9 Å². The van der Waals surface area contributed by atoms with Crippen LogP contribution in [0.2, 0.25) is 5.02 Å². The van der Waals surface area contributed by atoms with Crippen LogP contribution in [0.4, 0.5) is 5.69 Å². The lowest BCUT2D eigenvalue weighted by atomic mass is 10.2. The SMILES string of the molecule is O=C1/C(=C/c2ccccc2)SC(=S)N1CCCCNc1ccnc2cc(Cl)ccc12. The molecule has 3 aromatic rings. The number of rotatable bonds is 7. The Balaban J connectivity index is 1.29. The Morgan fingerprint density at radius 2 is 1.97 bits per heavy atom. The Morgan fingerprint density at radius 3 is 2.80 bits per heavy atom. The van der Waals surface area contributed by atoms with Gasteiger partial charge in [0.05, 0.1) is 10.4 Å². The highest BCUT2D eigenvalue weighted by Gasteiger charge is 2.31. The van der Waals surface area contributed by atoms with Crippen molar-refractivity contribution in [1.82, 2.24) is 9.88 Å². The fourth-order valence-electron chi connectivity index (χ4n) is 3.29. The zero-order valence-electron chi connectivity index (χ0n) is 16.2. The predicted molar refractivity (Wildman–Crippen MR) is 131 cm³/mol. The maximum absolute atomic E-state index is 12.7. The molecule has 0 radical (unpaired) electrons. The topological polar surface area (TPSA) is 45.2 Å². The number of aromatic nitrogens is 1. The summed E-state index contributed by atoms with van der Waals surface area (Å²) in [5.74, 6) is -0.00109. The van der Waals surface area contributed by atoms with E-state index in [4.69, 9.17) is 23.8 Å². The molecule has 1 fully saturated rings. The number of pyridine rings is 1. The summed E-state index contributed by atoms with van der Waals surface area (Å²) in [6.07, 6.45) is 5.47. The van der Waals surface area contributed by atoms with Gasteiger partial charge < -0.3 is 5.32 Å². The number of benzene rings is 2. The van der Waals surface area contributed by atoms with Crippen molar-refractivity contribution < 1.29 is 4.79 Å². The van der Waals surface area contributed by atoms with Crippen molar-refractivity contribution in [3.63, 3.8) is 0 Å². The normalized spacial score (nSPS) is 15.4. The second kappa shape index (κ2) is 9.60. The number of anilines is 1. The number of fused-ring (bicyclic) bond motifs is 1. The van der Waals surface area contributed by atoms with Crippen molar-refractivity contribution in [2.45, 2.75) is 12.8 Å². The molecule has 0 spiro atoms. The van der Waals surface area contributed by atoms with Gasteiger partial charge in [-0.05, 0) is 48.7 Å². The molecule has 2 heterocycles. The third-order valence-electron chi connectivity index (χ3n) is 4.80. The molecule has 4 nitrogen and oxygen atoms in total. The molecule has 152 valence electrons. The standard InChI is InChI=1S/C23H20ClN3OS2/c24-17-8-9-18-19(10-12-26-20(18)15-17)25-11-4-5-13-27-22(28)21(30-23(27)29)14-16-6-2-1-3-7-16/h1-3,6-10,12,14-15H,4-5,11,13H2,(H,25,26)/b21-14-. The Bertz CT molecular complexity index is 1120. The molecule has 4 rings (SSSR count). The number of amides is 1. The van der Waals surface area contributed by atoms with Gasteiger partial charge in [-0.2, -0.15) is 0 Å². The fraction of sp³-hybridized carbons (Fsp3) is 0.174. The lowest BCUT2D eigenvalue weighted by Gasteiger charge is -2.15. The largest absolute Gasteiger partial charge is 0.384 e. The van der Waals surface area contributed by atoms with Crippen LogP contribution in [-0.2, 0) is 4.79 Å². The monoisotopic (exact) mass is 453 g/mol. The van der Waals surface area contributed by atoms with E-state index in [9.17, 15) is 4.79 Å². The van der Waals surface area contributed by atoms with Gasteiger partial charge in [-0.3, -0.25) is 14.7 Å². The molecule has 30 heavy (non-hydrogen) atoms. The van der Waals surface area contributed by atoms with Gasteiger partial charge in [0.25, 0.3) is 5.91 Å². The lowest BCUT2D eigenvalue weighted by Crippen LogP contribution is -2.29. The molecule has 1 aromatic heterocycles. The molecule has 2 aromatic carbocycles. The molecule has 0 unspecified atom stereocenters. The lowest BCUT2D eigenvalue weighted by molar-refractivity contribution is -0.122. The smallest absolute Gasteiger partial charge is 0.266 e. The van der Waals surface area contributed by atoms with Gasteiger partial charge in [0, 0.05) is 35.4 Å². The van der Waals surface area contributed by atoms with Crippen molar-refractivity contribution >= 4 is 68.5 Å². The Labute approximate surface area is 190 Å². The Hall–Kier alpha value is -2.41. The summed E-state index contributed by atoms with van der Waals surface area (Å²) < 4.78 is 0.632. The van der Waals surface area contributed by atoms with Crippen molar-refractivity contribution in [3.05, 3.63) is 76.3 Å². The van der Waals surface area contributed by atoms with E-state index in [1.807, 2.05) is 60.7 Å². The maximum Gasteiger partial charge on any atom is 0.266 e. The minimum atomic E-state index is -0.00109. The van der Waals surface area contributed by atoms with Crippen LogP contribution in [0.5, 0.6) is 0 Å². The molecule has 1 aliphatic heterocycles. The van der Waals surface area contributed by atoms with E-state index in [0.29, 0.717) is 20.8 Å². The minimum absolute atomic E-state index is 0.00109. The van der Waals surface area contributed by atoms with E-state index >= 15 is 0 Å². The van der Waals surface area contributed by atoms with Crippen LogP contribution >= 0.6 is 35.6 Å². The van der Waals surface area contributed by atoms with E-state index in [1.165, 1.54) is 11.8 Å². The number of nitrogens with zero attached hydrogens (tertiary/aromatic N) is 2. The molecular formula is C23H20ClN3OS2. The first-order valence-corrected chi connectivity index (χ1v) is 11.3. The Kier molecular flexibility index (Phi) is 6.67. The molecule has 1 aliphatic rings. The highest BCUT2D eigenvalue weighted by atomic mass is 35.5. The zero-order valence-corrected chi connectivity index (χ0v) is 18.6. The number of thiocarbonyl (C=S) groups is 1. The summed E-state index contributed by atoms with van der Waals surface area (Å²) in [5, 5.41) is 5.18. The summed E-state index contributed by atoms with van der Waals surface area (Å²) in [7, 11) is 0. The van der Waals surface area contributed by atoms with Crippen LogP contribution < -0.4 is 5.32 Å². The predicted octanol–water partition coefficient (Wildman–Crippen LogP) is 5.98. The number of carbonyl (C=O) groups is 1. The highest BCUT2D eigenvalue weighted by molar-refractivity contribution is 8.26. The number of unbranched alkanes of at least 4 members (excludes halogenated alkanes) is 1. The molecule has 7 heteroatoms. The van der Waals surface area contributed by atoms with Crippen LogP contribution in [0.15, 0.2) is 65.7 Å². The van der Waals surface area contributed by atoms with Gasteiger partial charge in [-0.15, -0.1) is 0 Å². The molecule has 0 aliphatic carbocycles. The minimum Gasteiger partial charge on any atom is -0.384 e. The first kappa shape index (κ1) is 20.8. The number of hydrogen-bond acceptors (Lipinski definition) is 5. The highest BCUT2D eigenvalue weighted by Crippen LogP contribution is 2.32. The average Bonchev–Trinajstić information content (AvgIpc) is 3.01. The quantitative estimate of drug-likeness (QED) is 0.271. The summed E-state index contributed by atoms with van der Waals surface area (Å²) in [6.45, 7) is 1.43. The Morgan fingerprint density at radius 1 is 1.13 bits per heavy atom. The van der Waals surface area contributed by atoms with E-state index < -0.39 is 0 Å². The number of halogens is 1. The van der Waals surface area contributed by atoms with Gasteiger partial charge >= 0.3 is 0 Å². The first-order chi connectivity index (χ1) is 14.6. The second-order valence-electron chi connectivity index (χ2n) is 6.90. The van der Waals surface area contributed by atoms with Crippen LogP contribution in [-0.4, -0.2) is 33.2 Å². The number of nitrogens with one attached hydrogen (secondary N) is 1. The van der Waals surface area contributed by atoms with Crippen molar-refractivity contribution in [2.24, 2.45) is 0 Å². The molecule has 0 saturated carbocycles. The fourth-order valence-corrected chi connectivity index (χ4v) is 4.76. The summed E-state index contributed by atoms with van der Waals surface area (Å²) in [4.78, 5) is 19.5. The van der Waals surface area contributed by atoms with Crippen molar-refractivity contribution in [2.75, 3.05) is 18.4 Å². The number of carbonyl (C=O) groups excluding carboxylic acids is 1.